The zero-order chi connectivity index (χ0) is 22.0. The molecule has 6 nitrogen and oxygen atoms in total. The zero-order valence-electron chi connectivity index (χ0n) is 16.5. The van der Waals surface area contributed by atoms with Crippen molar-refractivity contribution in [3.63, 3.8) is 0 Å². The summed E-state index contributed by atoms with van der Waals surface area (Å²) >= 11 is 6.10. The summed E-state index contributed by atoms with van der Waals surface area (Å²) < 4.78 is 0. The fourth-order valence-corrected chi connectivity index (χ4v) is 3.96. The monoisotopic (exact) mass is 434 g/mol. The van der Waals surface area contributed by atoms with Crippen molar-refractivity contribution in [2.24, 2.45) is 0 Å². The molecule has 0 bridgehead atoms. The number of amides is 1. The van der Waals surface area contributed by atoms with Crippen LogP contribution in [0.1, 0.15) is 37.5 Å². The molecule has 1 aliphatic heterocycles. The number of aromatic nitrogens is 1. The largest absolute Gasteiger partial charge is 0.478 e. The standard InChI is InChI=1S/C24H19ClN2O4/c25-18-8-9-20-17(11-18)12-22(28)21(13-19-3-1-2-10-26-19)27(23(20)29)14-15-4-6-16(7-5-15)24(30)31/h1-11,21H,12-14H2,(H,30,31)/t21-/m1/s1. The van der Waals surface area contributed by atoms with E-state index in [-0.39, 0.29) is 30.2 Å². The third-order valence-corrected chi connectivity index (χ3v) is 5.59. The van der Waals surface area contributed by atoms with E-state index in [0.717, 1.165) is 5.56 Å². The smallest absolute Gasteiger partial charge is 0.335 e. The van der Waals surface area contributed by atoms with Crippen LogP contribution >= 0.6 is 11.6 Å². The highest BCUT2D eigenvalue weighted by Crippen LogP contribution is 2.26. The van der Waals surface area contributed by atoms with Crippen molar-refractivity contribution in [3.05, 3.63) is 99.8 Å². The van der Waals surface area contributed by atoms with Crippen molar-refractivity contribution in [2.75, 3.05) is 0 Å². The first-order chi connectivity index (χ1) is 14.9. The molecule has 0 saturated heterocycles. The molecule has 0 fully saturated rings. The van der Waals surface area contributed by atoms with E-state index in [9.17, 15) is 14.4 Å². The number of ketones is 1. The van der Waals surface area contributed by atoms with Crippen LogP contribution in [0.5, 0.6) is 0 Å². The second kappa shape index (κ2) is 8.70. The maximum absolute atomic E-state index is 13.5. The second-order valence-electron chi connectivity index (χ2n) is 7.42. The second-order valence-corrected chi connectivity index (χ2v) is 7.86. The normalized spacial score (nSPS) is 16.0. The number of Topliss-reactive ketones (excluding diaryl/α,β-unsaturated/α-hetero) is 1. The summed E-state index contributed by atoms with van der Waals surface area (Å²) in [5.41, 5.74) is 2.66. The van der Waals surface area contributed by atoms with Gasteiger partial charge in [0.2, 0.25) is 0 Å². The van der Waals surface area contributed by atoms with Gasteiger partial charge in [0, 0.05) is 41.9 Å². The number of halogens is 1. The molecule has 1 N–H and O–H groups in total. The maximum atomic E-state index is 13.5. The Balaban J connectivity index is 1.73. The van der Waals surface area contributed by atoms with Crippen LogP contribution < -0.4 is 0 Å². The molecule has 1 aromatic heterocycles. The average Bonchev–Trinajstić information content (AvgIpc) is 2.85. The predicted octanol–water partition coefficient (Wildman–Crippen LogP) is 3.81. The van der Waals surface area contributed by atoms with Crippen LogP contribution in [0.15, 0.2) is 66.9 Å². The molecule has 2 heterocycles. The van der Waals surface area contributed by atoms with Gasteiger partial charge in [-0.15, -0.1) is 0 Å². The van der Waals surface area contributed by atoms with Crippen LogP contribution in [0.4, 0.5) is 0 Å². The zero-order valence-corrected chi connectivity index (χ0v) is 17.2. The molecule has 0 unspecified atom stereocenters. The Morgan fingerprint density at radius 2 is 1.87 bits per heavy atom. The Labute approximate surface area is 184 Å². The minimum Gasteiger partial charge on any atom is -0.478 e. The van der Waals surface area contributed by atoms with Crippen molar-refractivity contribution in [1.29, 1.82) is 0 Å². The van der Waals surface area contributed by atoms with Crippen molar-refractivity contribution in [1.82, 2.24) is 9.88 Å². The molecule has 0 aliphatic carbocycles. The van der Waals surface area contributed by atoms with E-state index >= 15 is 0 Å². The first kappa shape index (κ1) is 20.8. The number of carboxylic acids is 1. The van der Waals surface area contributed by atoms with E-state index < -0.39 is 12.0 Å². The molecule has 4 rings (SSSR count). The van der Waals surface area contributed by atoms with E-state index in [1.54, 1.807) is 47.5 Å². The van der Waals surface area contributed by atoms with Gasteiger partial charge in [0.1, 0.15) is 0 Å². The highest BCUT2D eigenvalue weighted by Gasteiger charge is 2.35. The minimum absolute atomic E-state index is 0.0952. The first-order valence-electron chi connectivity index (χ1n) is 9.76. The van der Waals surface area contributed by atoms with Gasteiger partial charge in [0.15, 0.2) is 5.78 Å². The van der Waals surface area contributed by atoms with E-state index in [1.165, 1.54) is 12.1 Å². The van der Waals surface area contributed by atoms with Gasteiger partial charge in [-0.25, -0.2) is 4.79 Å². The van der Waals surface area contributed by atoms with Crippen LogP contribution in [0.25, 0.3) is 0 Å². The van der Waals surface area contributed by atoms with Gasteiger partial charge >= 0.3 is 5.97 Å². The minimum atomic E-state index is -1.02. The molecule has 1 aliphatic rings. The van der Waals surface area contributed by atoms with Crippen molar-refractivity contribution in [3.8, 4) is 0 Å². The fraction of sp³-hybridized carbons (Fsp3) is 0.167. The van der Waals surface area contributed by atoms with Gasteiger partial charge in [0.25, 0.3) is 5.91 Å². The highest BCUT2D eigenvalue weighted by atomic mass is 35.5. The van der Waals surface area contributed by atoms with Gasteiger partial charge in [-0.05, 0) is 53.6 Å². The molecule has 2 aromatic carbocycles. The molecule has 7 heteroatoms. The van der Waals surface area contributed by atoms with Crippen molar-refractivity contribution in [2.45, 2.75) is 25.4 Å². The number of carbonyl (C=O) groups is 3. The number of pyridine rings is 1. The maximum Gasteiger partial charge on any atom is 0.335 e. The summed E-state index contributed by atoms with van der Waals surface area (Å²) in [7, 11) is 0. The lowest BCUT2D eigenvalue weighted by atomic mass is 9.99. The number of fused-ring (bicyclic) bond motifs is 1. The third kappa shape index (κ3) is 4.49. The van der Waals surface area contributed by atoms with Crippen LogP contribution in [-0.4, -0.2) is 38.7 Å². The number of benzene rings is 2. The lowest BCUT2D eigenvalue weighted by Gasteiger charge is -2.29. The first-order valence-corrected chi connectivity index (χ1v) is 10.1. The number of carboxylic acid groups (broad SMARTS) is 1. The Hall–Kier alpha value is -3.51. The molecular formula is C24H19ClN2O4. The lowest BCUT2D eigenvalue weighted by Crippen LogP contribution is -2.44. The Kier molecular flexibility index (Phi) is 5.82. The molecule has 31 heavy (non-hydrogen) atoms. The van der Waals surface area contributed by atoms with Gasteiger partial charge in [-0.1, -0.05) is 29.8 Å². The summed E-state index contributed by atoms with van der Waals surface area (Å²) in [6.45, 7) is 0.171. The molecule has 1 amide bonds. The number of rotatable bonds is 5. The van der Waals surface area contributed by atoms with Crippen LogP contribution in [0, 0.1) is 0 Å². The van der Waals surface area contributed by atoms with E-state index in [4.69, 9.17) is 16.7 Å². The number of nitrogens with zero attached hydrogens (tertiary/aromatic N) is 2. The van der Waals surface area contributed by atoms with E-state index in [0.29, 0.717) is 28.3 Å². The van der Waals surface area contributed by atoms with E-state index in [1.807, 2.05) is 12.1 Å². The molecule has 3 aromatic rings. The SMILES string of the molecule is O=C(O)c1ccc(CN2C(=O)c3ccc(Cl)cc3CC(=O)[C@H]2Cc2ccccn2)cc1. The molecule has 1 atom stereocenters. The van der Waals surface area contributed by atoms with Crippen LogP contribution in [0.3, 0.4) is 0 Å². The quantitative estimate of drug-likeness (QED) is 0.659. The van der Waals surface area contributed by atoms with Gasteiger partial charge in [0.05, 0.1) is 11.6 Å². The summed E-state index contributed by atoms with van der Waals surface area (Å²) in [5, 5.41) is 9.59. The van der Waals surface area contributed by atoms with E-state index in [2.05, 4.69) is 4.98 Å². The molecule has 156 valence electrons. The summed E-state index contributed by atoms with van der Waals surface area (Å²) in [6, 6.07) is 16.0. The Morgan fingerprint density at radius 1 is 1.10 bits per heavy atom. The summed E-state index contributed by atoms with van der Waals surface area (Å²) in [6.07, 6.45) is 2.05. The molecular weight excluding hydrogens is 416 g/mol. The predicted molar refractivity (Wildman–Crippen MR) is 115 cm³/mol. The molecule has 0 radical (unpaired) electrons. The topological polar surface area (TPSA) is 87.6 Å². The van der Waals surface area contributed by atoms with Gasteiger partial charge in [-0.2, -0.15) is 0 Å². The fourth-order valence-electron chi connectivity index (χ4n) is 3.77. The van der Waals surface area contributed by atoms with Gasteiger partial charge < -0.3 is 10.0 Å². The lowest BCUT2D eigenvalue weighted by molar-refractivity contribution is -0.122. The Morgan fingerprint density at radius 3 is 2.55 bits per heavy atom. The number of aromatic carboxylic acids is 1. The van der Waals surface area contributed by atoms with Crippen LogP contribution in [-0.2, 0) is 24.2 Å². The third-order valence-electron chi connectivity index (χ3n) is 5.35. The molecule has 0 saturated carbocycles. The average molecular weight is 435 g/mol. The number of carbonyl (C=O) groups excluding carboxylic acids is 2. The van der Waals surface area contributed by atoms with Gasteiger partial charge in [-0.3, -0.25) is 14.6 Å². The number of hydrogen-bond donors (Lipinski definition) is 1. The van der Waals surface area contributed by atoms with Crippen molar-refractivity contribution >= 4 is 29.3 Å². The Bertz CT molecular complexity index is 1150. The van der Waals surface area contributed by atoms with Crippen LogP contribution in [0.2, 0.25) is 5.02 Å². The van der Waals surface area contributed by atoms with Crippen molar-refractivity contribution < 1.29 is 19.5 Å². The highest BCUT2D eigenvalue weighted by molar-refractivity contribution is 6.30. The number of hydrogen-bond acceptors (Lipinski definition) is 4. The summed E-state index contributed by atoms with van der Waals surface area (Å²) in [5.74, 6) is -1.38. The molecule has 0 spiro atoms. The summed E-state index contributed by atoms with van der Waals surface area (Å²) in [4.78, 5) is 43.7.